The maximum absolute atomic E-state index is 5.47. The average Bonchev–Trinajstić information content (AvgIpc) is 2.82. The molecule has 1 fully saturated rings. The second-order valence-electron chi connectivity index (χ2n) is 5.13. The van der Waals surface area contributed by atoms with E-state index in [2.05, 4.69) is 28.9 Å². The SMILES string of the molecule is CCCn1ncc(OC)c1C1CC(CC)CCN1. The van der Waals surface area contributed by atoms with Gasteiger partial charge in [-0.2, -0.15) is 5.10 Å². The average molecular weight is 251 g/mol. The number of methoxy groups -OCH3 is 1. The molecule has 0 aromatic carbocycles. The quantitative estimate of drug-likeness (QED) is 0.874. The Balaban J connectivity index is 2.21. The monoisotopic (exact) mass is 251 g/mol. The highest BCUT2D eigenvalue weighted by Crippen LogP contribution is 2.33. The van der Waals surface area contributed by atoms with Gasteiger partial charge in [-0.05, 0) is 31.7 Å². The molecule has 18 heavy (non-hydrogen) atoms. The third-order valence-electron chi connectivity index (χ3n) is 3.92. The second kappa shape index (κ2) is 6.23. The van der Waals surface area contributed by atoms with Crippen molar-refractivity contribution in [2.45, 2.75) is 52.1 Å². The summed E-state index contributed by atoms with van der Waals surface area (Å²) in [4.78, 5) is 0. The largest absolute Gasteiger partial charge is 0.493 e. The Labute approximate surface area is 110 Å². The van der Waals surface area contributed by atoms with Crippen LogP contribution >= 0.6 is 0 Å². The Morgan fingerprint density at radius 3 is 3.00 bits per heavy atom. The van der Waals surface area contributed by atoms with Gasteiger partial charge in [0.05, 0.1) is 25.0 Å². The number of hydrogen-bond acceptors (Lipinski definition) is 3. The fraction of sp³-hybridized carbons (Fsp3) is 0.786. The van der Waals surface area contributed by atoms with Crippen molar-refractivity contribution in [2.24, 2.45) is 5.92 Å². The molecule has 0 radical (unpaired) electrons. The van der Waals surface area contributed by atoms with Crippen LogP contribution in [0.2, 0.25) is 0 Å². The van der Waals surface area contributed by atoms with Gasteiger partial charge in [-0.1, -0.05) is 20.3 Å². The lowest BCUT2D eigenvalue weighted by Crippen LogP contribution is -2.33. The summed E-state index contributed by atoms with van der Waals surface area (Å²) >= 11 is 0. The van der Waals surface area contributed by atoms with Gasteiger partial charge in [0, 0.05) is 6.54 Å². The van der Waals surface area contributed by atoms with Crippen LogP contribution in [0.4, 0.5) is 0 Å². The molecule has 4 nitrogen and oxygen atoms in total. The Kier molecular flexibility index (Phi) is 4.64. The number of hydrogen-bond donors (Lipinski definition) is 1. The van der Waals surface area contributed by atoms with E-state index in [0.717, 1.165) is 31.2 Å². The molecular weight excluding hydrogens is 226 g/mol. The molecule has 1 aliphatic heterocycles. The van der Waals surface area contributed by atoms with Crippen molar-refractivity contribution in [1.29, 1.82) is 0 Å². The fourth-order valence-electron chi connectivity index (χ4n) is 2.85. The zero-order valence-corrected chi connectivity index (χ0v) is 11.8. The highest BCUT2D eigenvalue weighted by molar-refractivity contribution is 5.28. The van der Waals surface area contributed by atoms with Gasteiger partial charge in [-0.3, -0.25) is 4.68 Å². The van der Waals surface area contributed by atoms with Crippen molar-refractivity contribution in [1.82, 2.24) is 15.1 Å². The van der Waals surface area contributed by atoms with Gasteiger partial charge in [0.25, 0.3) is 0 Å². The summed E-state index contributed by atoms with van der Waals surface area (Å²) in [6.45, 7) is 6.53. The standard InChI is InChI=1S/C14H25N3O/c1-4-8-17-14(13(18-3)10-16-17)12-9-11(5-2)6-7-15-12/h10-12,15H,4-9H2,1-3H3. The summed E-state index contributed by atoms with van der Waals surface area (Å²) in [5.41, 5.74) is 1.23. The summed E-state index contributed by atoms with van der Waals surface area (Å²) in [5, 5.41) is 8.07. The Hall–Kier alpha value is -1.03. The molecule has 1 aromatic heterocycles. The Bertz CT molecular complexity index is 375. The van der Waals surface area contributed by atoms with E-state index in [1.54, 1.807) is 7.11 Å². The molecule has 2 rings (SSSR count). The third kappa shape index (κ3) is 2.69. The fourth-order valence-corrected chi connectivity index (χ4v) is 2.85. The van der Waals surface area contributed by atoms with Gasteiger partial charge in [0.2, 0.25) is 0 Å². The molecule has 0 amide bonds. The minimum Gasteiger partial charge on any atom is -0.493 e. The first-order valence-electron chi connectivity index (χ1n) is 7.13. The van der Waals surface area contributed by atoms with Crippen LogP contribution in [-0.4, -0.2) is 23.4 Å². The first kappa shape index (κ1) is 13.4. The van der Waals surface area contributed by atoms with E-state index in [1.165, 1.54) is 25.0 Å². The number of aryl methyl sites for hydroxylation is 1. The van der Waals surface area contributed by atoms with Gasteiger partial charge < -0.3 is 10.1 Å². The van der Waals surface area contributed by atoms with E-state index < -0.39 is 0 Å². The molecule has 2 atom stereocenters. The topological polar surface area (TPSA) is 39.1 Å². The summed E-state index contributed by atoms with van der Waals surface area (Å²) in [7, 11) is 1.73. The van der Waals surface area contributed by atoms with Gasteiger partial charge in [0.1, 0.15) is 0 Å². The predicted octanol–water partition coefficient (Wildman–Crippen LogP) is 2.75. The number of aromatic nitrogens is 2. The molecule has 1 aliphatic rings. The minimum atomic E-state index is 0.396. The molecule has 0 bridgehead atoms. The highest BCUT2D eigenvalue weighted by atomic mass is 16.5. The first-order valence-corrected chi connectivity index (χ1v) is 7.13. The molecule has 1 N–H and O–H groups in total. The van der Waals surface area contributed by atoms with Crippen LogP contribution in [-0.2, 0) is 6.54 Å². The van der Waals surface area contributed by atoms with Gasteiger partial charge in [-0.15, -0.1) is 0 Å². The van der Waals surface area contributed by atoms with Crippen LogP contribution in [0.25, 0.3) is 0 Å². The predicted molar refractivity (Wildman–Crippen MR) is 72.8 cm³/mol. The molecule has 2 heterocycles. The first-order chi connectivity index (χ1) is 8.80. The van der Waals surface area contributed by atoms with Gasteiger partial charge in [-0.25, -0.2) is 0 Å². The number of nitrogens with one attached hydrogen (secondary N) is 1. The van der Waals surface area contributed by atoms with E-state index >= 15 is 0 Å². The summed E-state index contributed by atoms with van der Waals surface area (Å²) < 4.78 is 7.58. The zero-order valence-electron chi connectivity index (χ0n) is 11.8. The van der Waals surface area contributed by atoms with Crippen LogP contribution in [0, 0.1) is 5.92 Å². The van der Waals surface area contributed by atoms with Crippen LogP contribution in [0.15, 0.2) is 6.20 Å². The van der Waals surface area contributed by atoms with Crippen molar-refractivity contribution < 1.29 is 4.74 Å². The third-order valence-corrected chi connectivity index (χ3v) is 3.92. The molecule has 0 saturated carbocycles. The van der Waals surface area contributed by atoms with Crippen LogP contribution < -0.4 is 10.1 Å². The van der Waals surface area contributed by atoms with E-state index in [9.17, 15) is 0 Å². The van der Waals surface area contributed by atoms with E-state index in [1.807, 2.05) is 6.20 Å². The van der Waals surface area contributed by atoms with Crippen LogP contribution in [0.3, 0.4) is 0 Å². The molecule has 0 spiro atoms. The molecule has 2 unspecified atom stereocenters. The molecule has 1 aromatic rings. The lowest BCUT2D eigenvalue weighted by Gasteiger charge is -2.30. The lowest BCUT2D eigenvalue weighted by atomic mass is 9.89. The van der Waals surface area contributed by atoms with Crippen molar-refractivity contribution >= 4 is 0 Å². The van der Waals surface area contributed by atoms with Gasteiger partial charge in [0.15, 0.2) is 5.75 Å². The number of ether oxygens (including phenoxy) is 1. The molecule has 4 heteroatoms. The molecular formula is C14H25N3O. The molecule has 102 valence electrons. The highest BCUT2D eigenvalue weighted by Gasteiger charge is 2.27. The van der Waals surface area contributed by atoms with Crippen molar-refractivity contribution in [3.05, 3.63) is 11.9 Å². The smallest absolute Gasteiger partial charge is 0.161 e. The number of nitrogens with zero attached hydrogens (tertiary/aromatic N) is 2. The van der Waals surface area contributed by atoms with E-state index in [0.29, 0.717) is 6.04 Å². The minimum absolute atomic E-state index is 0.396. The van der Waals surface area contributed by atoms with Gasteiger partial charge >= 0.3 is 0 Å². The van der Waals surface area contributed by atoms with Crippen molar-refractivity contribution in [3.8, 4) is 5.75 Å². The van der Waals surface area contributed by atoms with Crippen LogP contribution in [0.1, 0.15) is 51.3 Å². The zero-order chi connectivity index (χ0) is 13.0. The Morgan fingerprint density at radius 1 is 1.50 bits per heavy atom. The van der Waals surface area contributed by atoms with Crippen molar-refractivity contribution in [3.63, 3.8) is 0 Å². The Morgan fingerprint density at radius 2 is 2.33 bits per heavy atom. The summed E-state index contributed by atoms with van der Waals surface area (Å²) in [6.07, 6.45) is 6.70. The lowest BCUT2D eigenvalue weighted by molar-refractivity contribution is 0.280. The van der Waals surface area contributed by atoms with Crippen molar-refractivity contribution in [2.75, 3.05) is 13.7 Å². The maximum atomic E-state index is 5.47. The van der Waals surface area contributed by atoms with E-state index in [-0.39, 0.29) is 0 Å². The normalized spacial score (nSPS) is 24.2. The summed E-state index contributed by atoms with van der Waals surface area (Å²) in [5.74, 6) is 1.75. The summed E-state index contributed by atoms with van der Waals surface area (Å²) in [6, 6.07) is 0.396. The van der Waals surface area contributed by atoms with E-state index in [4.69, 9.17) is 4.74 Å². The maximum Gasteiger partial charge on any atom is 0.161 e. The van der Waals surface area contributed by atoms with Crippen LogP contribution in [0.5, 0.6) is 5.75 Å². The number of piperidine rings is 1. The molecule has 1 saturated heterocycles. The second-order valence-corrected chi connectivity index (χ2v) is 5.13. The number of rotatable bonds is 5. The molecule has 0 aliphatic carbocycles.